The van der Waals surface area contributed by atoms with E-state index in [9.17, 15) is 4.79 Å². The van der Waals surface area contributed by atoms with Gasteiger partial charge in [-0.3, -0.25) is 4.79 Å². The molecule has 0 saturated heterocycles. The number of aromatic nitrogens is 2. The van der Waals surface area contributed by atoms with Gasteiger partial charge < -0.3 is 16.3 Å². The quantitative estimate of drug-likeness (QED) is 0.544. The van der Waals surface area contributed by atoms with Crippen LogP contribution in [-0.2, 0) is 9.63 Å². The number of nitrogens with two attached hydrogens (primary N) is 2. The number of amides is 1. The second kappa shape index (κ2) is 4.69. The Kier molecular flexibility index (Phi) is 3.56. The second-order valence-electron chi connectivity index (χ2n) is 2.91. The lowest BCUT2D eigenvalue weighted by atomic mass is 10.3. The third-order valence-electron chi connectivity index (χ3n) is 1.24. The number of hydrogen-bond donors (Lipinski definition) is 2. The van der Waals surface area contributed by atoms with Crippen molar-refractivity contribution in [2.24, 2.45) is 10.9 Å². The summed E-state index contributed by atoms with van der Waals surface area (Å²) in [6.45, 7) is 3.54. The predicted octanol–water partition coefficient (Wildman–Crippen LogP) is -0.265. The molecule has 1 rings (SSSR count). The monoisotopic (exact) mass is 229 g/mol. The van der Waals surface area contributed by atoms with Crippen LogP contribution in [0, 0.1) is 0 Å². The molecule has 0 radical (unpaired) electrons. The Morgan fingerprint density at radius 1 is 1.60 bits per heavy atom. The summed E-state index contributed by atoms with van der Waals surface area (Å²) in [4.78, 5) is 19.7. The van der Waals surface area contributed by atoms with Crippen molar-refractivity contribution >= 4 is 28.3 Å². The molecule has 0 unspecified atom stereocenters. The van der Waals surface area contributed by atoms with Crippen molar-refractivity contribution in [3.63, 3.8) is 0 Å². The Balaban J connectivity index is 2.93. The van der Waals surface area contributed by atoms with Crippen LogP contribution in [0.5, 0.6) is 0 Å². The highest BCUT2D eigenvalue weighted by Crippen LogP contribution is 2.07. The molecular weight excluding hydrogens is 218 g/mol. The van der Waals surface area contributed by atoms with Gasteiger partial charge in [-0.2, -0.15) is 9.36 Å². The molecule has 0 aliphatic carbocycles. The van der Waals surface area contributed by atoms with Gasteiger partial charge in [-0.25, -0.2) is 0 Å². The van der Waals surface area contributed by atoms with Crippen molar-refractivity contribution in [3.05, 3.63) is 5.82 Å². The first-order valence-electron chi connectivity index (χ1n) is 4.14. The van der Waals surface area contributed by atoms with Crippen molar-refractivity contribution in [2.75, 3.05) is 5.73 Å². The first kappa shape index (κ1) is 11.4. The summed E-state index contributed by atoms with van der Waals surface area (Å²) in [7, 11) is 0. The molecule has 7 nitrogen and oxygen atoms in total. The Hall–Kier alpha value is -1.70. The molecule has 1 aromatic rings. The van der Waals surface area contributed by atoms with E-state index in [1.165, 1.54) is 0 Å². The number of carbonyl (C=O) groups excluding carboxylic acids is 1. The van der Waals surface area contributed by atoms with Crippen molar-refractivity contribution in [1.29, 1.82) is 0 Å². The maximum absolute atomic E-state index is 11.0. The molecule has 0 fully saturated rings. The van der Waals surface area contributed by atoms with E-state index in [1.54, 1.807) is 13.8 Å². The average molecular weight is 229 g/mol. The molecule has 82 valence electrons. The third kappa shape index (κ3) is 3.17. The van der Waals surface area contributed by atoms with Crippen LogP contribution in [0.4, 0.5) is 5.13 Å². The molecule has 0 bridgehead atoms. The zero-order chi connectivity index (χ0) is 11.4. The van der Waals surface area contributed by atoms with E-state index in [4.69, 9.17) is 16.3 Å². The number of rotatable bonds is 4. The second-order valence-corrected chi connectivity index (χ2v) is 3.70. The number of hydrogen-bond acceptors (Lipinski definition) is 7. The van der Waals surface area contributed by atoms with Gasteiger partial charge in [0.2, 0.25) is 11.5 Å². The number of nitrogen functional groups attached to an aromatic ring is 1. The first-order valence-corrected chi connectivity index (χ1v) is 4.91. The lowest BCUT2D eigenvalue weighted by Crippen LogP contribution is -2.26. The van der Waals surface area contributed by atoms with E-state index in [0.717, 1.165) is 11.5 Å². The van der Waals surface area contributed by atoms with Crippen LogP contribution < -0.4 is 11.5 Å². The molecule has 0 aliphatic heterocycles. The maximum Gasteiger partial charge on any atom is 0.274 e. The minimum absolute atomic E-state index is 0.0886. The standard InChI is InChI=1S/C7H11N5O2S/c1-3(2)14-11-4(5(8)13)6-10-7(9)15-12-6/h3H,1-2H3,(H2,8,13)(H2,9,10,12)/b11-4+. The molecular formula is C7H11N5O2S. The van der Waals surface area contributed by atoms with E-state index < -0.39 is 5.91 Å². The van der Waals surface area contributed by atoms with Crippen LogP contribution in [0.1, 0.15) is 19.7 Å². The normalized spacial score (nSPS) is 11.8. The van der Waals surface area contributed by atoms with Crippen LogP contribution in [0.2, 0.25) is 0 Å². The Labute approximate surface area is 90.3 Å². The Morgan fingerprint density at radius 3 is 2.67 bits per heavy atom. The van der Waals surface area contributed by atoms with Crippen molar-refractivity contribution < 1.29 is 9.63 Å². The van der Waals surface area contributed by atoms with Crippen molar-refractivity contribution in [3.8, 4) is 0 Å². The molecule has 0 saturated carbocycles. The Morgan fingerprint density at radius 2 is 2.27 bits per heavy atom. The SMILES string of the molecule is CC(C)O/N=C(\C(N)=O)c1nsc(N)n1. The minimum Gasteiger partial charge on any atom is -0.392 e. The van der Waals surface area contributed by atoms with Gasteiger partial charge >= 0.3 is 0 Å². The smallest absolute Gasteiger partial charge is 0.274 e. The fourth-order valence-electron chi connectivity index (χ4n) is 0.686. The number of anilines is 1. The summed E-state index contributed by atoms with van der Waals surface area (Å²) in [6, 6.07) is 0. The van der Waals surface area contributed by atoms with Gasteiger partial charge in [0.25, 0.3) is 5.91 Å². The van der Waals surface area contributed by atoms with Gasteiger partial charge in [0, 0.05) is 11.5 Å². The number of carbonyl (C=O) groups is 1. The van der Waals surface area contributed by atoms with Gasteiger partial charge in [-0.1, -0.05) is 5.16 Å². The molecule has 0 atom stereocenters. The van der Waals surface area contributed by atoms with Crippen LogP contribution >= 0.6 is 11.5 Å². The molecule has 1 heterocycles. The van der Waals surface area contributed by atoms with Crippen molar-refractivity contribution in [1.82, 2.24) is 9.36 Å². The highest BCUT2D eigenvalue weighted by atomic mass is 32.1. The number of oxime groups is 1. The summed E-state index contributed by atoms with van der Waals surface area (Å²) < 4.78 is 3.81. The topological polar surface area (TPSA) is 116 Å². The van der Waals surface area contributed by atoms with Crippen molar-refractivity contribution in [2.45, 2.75) is 20.0 Å². The van der Waals surface area contributed by atoms with Crippen LogP contribution in [0.15, 0.2) is 5.16 Å². The van der Waals surface area contributed by atoms with Crippen LogP contribution in [-0.4, -0.2) is 27.1 Å². The molecule has 0 spiro atoms. The van der Waals surface area contributed by atoms with Gasteiger partial charge in [0.1, 0.15) is 6.10 Å². The molecule has 15 heavy (non-hydrogen) atoms. The highest BCUT2D eigenvalue weighted by molar-refractivity contribution is 7.09. The number of nitrogens with zero attached hydrogens (tertiary/aromatic N) is 3. The summed E-state index contributed by atoms with van der Waals surface area (Å²) in [5.74, 6) is -0.668. The fourth-order valence-corrected chi connectivity index (χ4v) is 1.12. The fraction of sp³-hybridized carbons (Fsp3) is 0.429. The van der Waals surface area contributed by atoms with Gasteiger partial charge in [0.15, 0.2) is 5.13 Å². The Bertz CT molecular complexity index is 386. The van der Waals surface area contributed by atoms with E-state index in [0.29, 0.717) is 0 Å². The average Bonchev–Trinajstić information content (AvgIpc) is 2.51. The van der Waals surface area contributed by atoms with Crippen LogP contribution in [0.3, 0.4) is 0 Å². The van der Waals surface area contributed by atoms with Gasteiger partial charge in [-0.15, -0.1) is 0 Å². The summed E-state index contributed by atoms with van der Waals surface area (Å²) in [5, 5.41) is 3.81. The highest BCUT2D eigenvalue weighted by Gasteiger charge is 2.17. The third-order valence-corrected chi connectivity index (χ3v) is 1.78. The zero-order valence-electron chi connectivity index (χ0n) is 8.30. The van der Waals surface area contributed by atoms with Gasteiger partial charge in [0.05, 0.1) is 0 Å². The minimum atomic E-state index is -0.756. The molecule has 1 amide bonds. The van der Waals surface area contributed by atoms with Gasteiger partial charge in [-0.05, 0) is 13.8 Å². The van der Waals surface area contributed by atoms with E-state index in [2.05, 4.69) is 14.5 Å². The van der Waals surface area contributed by atoms with E-state index in [-0.39, 0.29) is 22.8 Å². The maximum atomic E-state index is 11.0. The lowest BCUT2D eigenvalue weighted by Gasteiger charge is -2.02. The first-order chi connectivity index (χ1) is 7.00. The van der Waals surface area contributed by atoms with Crippen LogP contribution in [0.25, 0.3) is 0 Å². The molecule has 8 heteroatoms. The number of primary amides is 1. The zero-order valence-corrected chi connectivity index (χ0v) is 9.11. The summed E-state index contributed by atoms with van der Waals surface area (Å²) >= 11 is 0.957. The largest absolute Gasteiger partial charge is 0.392 e. The predicted molar refractivity (Wildman–Crippen MR) is 56.3 cm³/mol. The lowest BCUT2D eigenvalue weighted by molar-refractivity contribution is -0.112. The molecule has 0 aliphatic rings. The molecule has 0 aromatic carbocycles. The molecule has 1 aromatic heterocycles. The van der Waals surface area contributed by atoms with E-state index >= 15 is 0 Å². The van der Waals surface area contributed by atoms with E-state index in [1.807, 2.05) is 0 Å². The summed E-state index contributed by atoms with van der Waals surface area (Å²) in [6.07, 6.45) is -0.157. The molecule has 4 N–H and O–H groups in total. The summed E-state index contributed by atoms with van der Waals surface area (Å²) in [5.41, 5.74) is 10.3.